The molecule has 0 aliphatic carbocycles. The van der Waals surface area contributed by atoms with E-state index in [-0.39, 0.29) is 12.1 Å². The Hall–Kier alpha value is -1.41. The van der Waals surface area contributed by atoms with Crippen molar-refractivity contribution in [1.82, 2.24) is 0 Å². The third kappa shape index (κ3) is 5.80. The molecule has 1 aromatic rings. The van der Waals surface area contributed by atoms with E-state index in [1.165, 1.54) is 32.6 Å². The van der Waals surface area contributed by atoms with E-state index in [9.17, 15) is 4.79 Å². The lowest BCUT2D eigenvalue weighted by Gasteiger charge is -2.46. The molecule has 4 unspecified atom stereocenters. The summed E-state index contributed by atoms with van der Waals surface area (Å²) in [5, 5.41) is 0. The lowest BCUT2D eigenvalue weighted by molar-refractivity contribution is -0.284. The van der Waals surface area contributed by atoms with E-state index in [0.29, 0.717) is 13.2 Å². The lowest BCUT2D eigenvalue weighted by atomic mass is 9.76. The average molecular weight is 390 g/mol. The van der Waals surface area contributed by atoms with Gasteiger partial charge < -0.3 is 23.5 Å². The number of fused-ring (bicyclic) bond motifs is 2. The van der Waals surface area contributed by atoms with Gasteiger partial charge in [0.15, 0.2) is 12.4 Å². The highest BCUT2D eigenvalue weighted by molar-refractivity contribution is 6.61. The molecule has 1 aromatic carbocycles. The molecule has 2 aliphatic rings. The number of ether oxygens (including phenoxy) is 3. The first-order valence-corrected chi connectivity index (χ1v) is 10.5. The fourth-order valence-corrected chi connectivity index (χ4v) is 3.66. The van der Waals surface area contributed by atoms with Crippen LogP contribution in [0, 0.1) is 0 Å². The van der Waals surface area contributed by atoms with Crippen LogP contribution in [0.2, 0.25) is 0 Å². The summed E-state index contributed by atoms with van der Waals surface area (Å²) in [7, 11) is -0.521. The predicted octanol–water partition coefficient (Wildman–Crippen LogP) is 2.83. The van der Waals surface area contributed by atoms with Gasteiger partial charge in [0.05, 0.1) is 6.61 Å². The van der Waals surface area contributed by atoms with Gasteiger partial charge in [0.25, 0.3) is 0 Å². The molecule has 6 nitrogen and oxygen atoms in total. The fraction of sp³-hybridized carbons (Fsp3) is 0.667. The first kappa shape index (κ1) is 21.3. The van der Waals surface area contributed by atoms with Gasteiger partial charge in [0.2, 0.25) is 0 Å². The van der Waals surface area contributed by atoms with Crippen molar-refractivity contribution in [3.8, 4) is 0 Å². The zero-order valence-electron chi connectivity index (χ0n) is 16.9. The van der Waals surface area contributed by atoms with Crippen LogP contribution in [0.3, 0.4) is 0 Å². The number of benzene rings is 1. The van der Waals surface area contributed by atoms with Gasteiger partial charge in [-0.05, 0) is 11.9 Å². The van der Waals surface area contributed by atoms with Crippen molar-refractivity contribution in [2.75, 3.05) is 13.2 Å². The molecule has 2 aliphatic heterocycles. The Morgan fingerprint density at radius 2 is 1.86 bits per heavy atom. The first-order valence-electron chi connectivity index (χ1n) is 10.5. The summed E-state index contributed by atoms with van der Waals surface area (Å²) in [5.74, 6) is -0.359. The molecule has 0 radical (unpaired) electrons. The van der Waals surface area contributed by atoms with Gasteiger partial charge in [-0.25, -0.2) is 0 Å². The normalized spacial score (nSPS) is 26.9. The number of esters is 1. The minimum Gasteiger partial charge on any atom is -0.457 e. The molecule has 4 atom stereocenters. The average Bonchev–Trinajstić information content (AvgIpc) is 2.69. The van der Waals surface area contributed by atoms with E-state index < -0.39 is 25.6 Å². The first-order chi connectivity index (χ1) is 13.7. The van der Waals surface area contributed by atoms with Gasteiger partial charge in [-0.3, -0.25) is 4.79 Å². The van der Waals surface area contributed by atoms with E-state index in [2.05, 4.69) is 6.92 Å². The molecule has 154 valence electrons. The van der Waals surface area contributed by atoms with Crippen LogP contribution in [0.1, 0.15) is 52.4 Å². The largest absolute Gasteiger partial charge is 0.494 e. The van der Waals surface area contributed by atoms with Crippen molar-refractivity contribution in [1.29, 1.82) is 0 Å². The van der Waals surface area contributed by atoms with Gasteiger partial charge in [-0.15, -0.1) is 0 Å². The summed E-state index contributed by atoms with van der Waals surface area (Å²) in [6, 6.07) is 9.75. The Labute approximate surface area is 168 Å². The second-order valence-corrected chi connectivity index (χ2v) is 7.43. The Bertz CT molecular complexity index is 598. The van der Waals surface area contributed by atoms with Crippen LogP contribution in [0.15, 0.2) is 30.3 Å². The third-order valence-electron chi connectivity index (χ3n) is 5.12. The van der Waals surface area contributed by atoms with Crippen molar-refractivity contribution in [2.24, 2.45) is 0 Å². The number of rotatable bonds is 10. The van der Waals surface area contributed by atoms with Crippen LogP contribution in [0.25, 0.3) is 0 Å². The molecular formula is C21H31BO6. The van der Waals surface area contributed by atoms with Crippen LogP contribution in [0.5, 0.6) is 0 Å². The Morgan fingerprint density at radius 1 is 1.11 bits per heavy atom. The lowest BCUT2D eigenvalue weighted by Crippen LogP contribution is -2.66. The highest BCUT2D eigenvalue weighted by atomic mass is 16.7. The molecular weight excluding hydrogens is 359 g/mol. The van der Waals surface area contributed by atoms with Gasteiger partial charge in [0.1, 0.15) is 12.2 Å². The molecule has 2 heterocycles. The minimum atomic E-state index is -0.564. The maximum absolute atomic E-state index is 11.6. The molecule has 2 fully saturated rings. The second kappa shape index (κ2) is 11.0. The third-order valence-corrected chi connectivity index (χ3v) is 5.12. The molecule has 28 heavy (non-hydrogen) atoms. The SMILES string of the molecule is CCCCCCCCOC1OCC2OB(c3ccccc3)OC1C2OC(C)=O. The Kier molecular flexibility index (Phi) is 8.34. The molecule has 0 N–H and O–H groups in total. The summed E-state index contributed by atoms with van der Waals surface area (Å²) in [6.07, 6.45) is 5.18. The predicted molar refractivity (Wildman–Crippen MR) is 106 cm³/mol. The maximum atomic E-state index is 11.6. The summed E-state index contributed by atoms with van der Waals surface area (Å²) in [4.78, 5) is 11.6. The maximum Gasteiger partial charge on any atom is 0.494 e. The van der Waals surface area contributed by atoms with E-state index in [1.807, 2.05) is 30.3 Å². The molecule has 2 bridgehead atoms. The zero-order chi connectivity index (χ0) is 19.8. The van der Waals surface area contributed by atoms with Crippen LogP contribution >= 0.6 is 0 Å². The molecule has 0 amide bonds. The van der Waals surface area contributed by atoms with Gasteiger partial charge in [0, 0.05) is 13.5 Å². The standard InChI is InChI=1S/C21H31BO6/c1-3-4-5-6-7-11-14-24-21-20-19(26-16(2)23)18(15-25-21)27-22(28-20)17-12-9-8-10-13-17/h8-10,12-13,18-21H,3-7,11,14-15H2,1-2H3. The summed E-state index contributed by atoms with van der Waals surface area (Å²) in [5.41, 5.74) is 0.926. The van der Waals surface area contributed by atoms with Crippen LogP contribution < -0.4 is 5.46 Å². The highest BCUT2D eigenvalue weighted by Gasteiger charge is 2.52. The molecule has 0 saturated carbocycles. The fourth-order valence-electron chi connectivity index (χ4n) is 3.66. The van der Waals surface area contributed by atoms with E-state index in [1.54, 1.807) is 0 Å². The van der Waals surface area contributed by atoms with Gasteiger partial charge in [-0.2, -0.15) is 0 Å². The van der Waals surface area contributed by atoms with E-state index in [0.717, 1.165) is 18.3 Å². The van der Waals surface area contributed by atoms with Crippen LogP contribution in [-0.2, 0) is 28.3 Å². The minimum absolute atomic E-state index is 0.308. The number of carbonyl (C=O) groups excluding carboxylic acids is 1. The van der Waals surface area contributed by atoms with Crippen molar-refractivity contribution in [3.63, 3.8) is 0 Å². The van der Waals surface area contributed by atoms with Crippen LogP contribution in [-0.4, -0.2) is 50.9 Å². The van der Waals surface area contributed by atoms with E-state index >= 15 is 0 Å². The number of hydrogen-bond donors (Lipinski definition) is 0. The van der Waals surface area contributed by atoms with Crippen molar-refractivity contribution < 1.29 is 28.3 Å². The monoisotopic (exact) mass is 390 g/mol. The molecule has 0 aromatic heterocycles. The number of carbonyl (C=O) groups is 1. The summed E-state index contributed by atoms with van der Waals surface area (Å²) < 4.78 is 29.4. The number of hydrogen-bond acceptors (Lipinski definition) is 6. The second-order valence-electron chi connectivity index (χ2n) is 7.43. The molecule has 3 rings (SSSR count). The quantitative estimate of drug-likeness (QED) is 0.348. The van der Waals surface area contributed by atoms with Crippen molar-refractivity contribution >= 4 is 18.6 Å². The summed E-state index contributed by atoms with van der Waals surface area (Å²) in [6.45, 7) is 4.52. The van der Waals surface area contributed by atoms with Gasteiger partial charge in [-0.1, -0.05) is 69.4 Å². The van der Waals surface area contributed by atoms with Gasteiger partial charge >= 0.3 is 13.1 Å². The zero-order valence-corrected chi connectivity index (χ0v) is 16.9. The highest BCUT2D eigenvalue weighted by Crippen LogP contribution is 2.30. The van der Waals surface area contributed by atoms with Crippen LogP contribution in [0.4, 0.5) is 0 Å². The topological polar surface area (TPSA) is 63.2 Å². The molecule has 0 spiro atoms. The van der Waals surface area contributed by atoms with Crippen molar-refractivity contribution in [2.45, 2.75) is 77.0 Å². The van der Waals surface area contributed by atoms with Crippen molar-refractivity contribution in [3.05, 3.63) is 30.3 Å². The Balaban J connectivity index is 1.57. The van der Waals surface area contributed by atoms with E-state index in [4.69, 9.17) is 23.5 Å². The number of unbranched alkanes of at least 4 members (excludes halogenated alkanes) is 5. The molecule has 2 saturated heterocycles. The summed E-state index contributed by atoms with van der Waals surface area (Å²) >= 11 is 0. The Morgan fingerprint density at radius 3 is 2.61 bits per heavy atom. The smallest absolute Gasteiger partial charge is 0.457 e. The molecule has 7 heteroatoms.